The smallest absolute Gasteiger partial charge is 0.408 e. The van der Waals surface area contributed by atoms with Crippen molar-refractivity contribution in [3.8, 4) is 0 Å². The van der Waals surface area contributed by atoms with Crippen molar-refractivity contribution in [1.82, 2.24) is 4.90 Å². The van der Waals surface area contributed by atoms with Crippen molar-refractivity contribution in [3.63, 3.8) is 0 Å². The molecular weight excluding hydrogens is 170 g/mol. The fourth-order valence-corrected chi connectivity index (χ4v) is 1.52. The van der Waals surface area contributed by atoms with Crippen LogP contribution in [0.25, 0.3) is 0 Å². The average molecular weight is 189 g/mol. The summed E-state index contributed by atoms with van der Waals surface area (Å²) in [7, 11) is 0. The molecule has 0 aromatic carbocycles. The number of aliphatic hydroxyl groups is 1. The quantitative estimate of drug-likeness (QED) is 0.692. The van der Waals surface area contributed by atoms with Gasteiger partial charge in [-0.15, -0.1) is 0 Å². The molecule has 0 aliphatic heterocycles. The molecule has 0 fully saturated rings. The van der Waals surface area contributed by atoms with Gasteiger partial charge in [-0.2, -0.15) is 0 Å². The molecule has 0 atom stereocenters. The maximum Gasteiger partial charge on any atom is 0.408 e. The number of rotatable bonds is 2. The first-order valence-corrected chi connectivity index (χ1v) is 4.27. The molecule has 4 heteroatoms. The maximum absolute atomic E-state index is 11.0. The average Bonchev–Trinajstić information content (AvgIpc) is 1.82. The van der Waals surface area contributed by atoms with Gasteiger partial charge < -0.3 is 10.2 Å². The molecule has 0 saturated heterocycles. The molecule has 0 radical (unpaired) electrons. The summed E-state index contributed by atoms with van der Waals surface area (Å²) in [4.78, 5) is 12.2. The maximum atomic E-state index is 11.0. The molecule has 13 heavy (non-hydrogen) atoms. The van der Waals surface area contributed by atoms with Gasteiger partial charge in [-0.1, -0.05) is 0 Å². The van der Waals surface area contributed by atoms with Gasteiger partial charge in [0.1, 0.15) is 0 Å². The Kier molecular flexibility index (Phi) is 3.33. The lowest BCUT2D eigenvalue weighted by molar-refractivity contribution is 0.00366. The third-order valence-electron chi connectivity index (χ3n) is 1.85. The minimum Gasteiger partial charge on any atom is -0.465 e. The van der Waals surface area contributed by atoms with Crippen LogP contribution in [0.1, 0.15) is 34.6 Å². The molecule has 0 rings (SSSR count). The topological polar surface area (TPSA) is 60.8 Å². The Morgan fingerprint density at radius 1 is 1.23 bits per heavy atom. The van der Waals surface area contributed by atoms with Crippen LogP contribution in [0, 0.1) is 0 Å². The summed E-state index contributed by atoms with van der Waals surface area (Å²) >= 11 is 0. The van der Waals surface area contributed by atoms with Crippen LogP contribution in [-0.4, -0.2) is 38.9 Å². The zero-order valence-electron chi connectivity index (χ0n) is 8.96. The summed E-state index contributed by atoms with van der Waals surface area (Å²) in [5, 5.41) is 18.1. The second-order valence-corrected chi connectivity index (χ2v) is 4.76. The Hall–Kier alpha value is -0.770. The van der Waals surface area contributed by atoms with Crippen molar-refractivity contribution in [2.24, 2.45) is 0 Å². The molecule has 0 spiro atoms. The number of hydrogen-bond donors (Lipinski definition) is 2. The highest BCUT2D eigenvalue weighted by atomic mass is 16.4. The van der Waals surface area contributed by atoms with Crippen LogP contribution in [0.3, 0.4) is 0 Å². The lowest BCUT2D eigenvalue weighted by atomic mass is 9.96. The van der Waals surface area contributed by atoms with Crippen LogP contribution >= 0.6 is 0 Å². The minimum atomic E-state index is -1.01. The first-order valence-electron chi connectivity index (χ1n) is 4.27. The van der Waals surface area contributed by atoms with Crippen LogP contribution in [0.2, 0.25) is 0 Å². The van der Waals surface area contributed by atoms with Crippen molar-refractivity contribution in [3.05, 3.63) is 0 Å². The van der Waals surface area contributed by atoms with Gasteiger partial charge in [0.2, 0.25) is 0 Å². The van der Waals surface area contributed by atoms with E-state index < -0.39 is 17.2 Å². The molecular formula is C9H19NO3. The summed E-state index contributed by atoms with van der Waals surface area (Å²) in [6, 6.07) is 0. The van der Waals surface area contributed by atoms with Crippen LogP contribution in [-0.2, 0) is 0 Å². The molecule has 2 N–H and O–H groups in total. The zero-order chi connectivity index (χ0) is 10.9. The molecule has 1 amide bonds. The van der Waals surface area contributed by atoms with E-state index in [-0.39, 0.29) is 6.61 Å². The predicted octanol–water partition coefficient (Wildman–Crippen LogP) is 1.54. The van der Waals surface area contributed by atoms with Gasteiger partial charge in [-0.05, 0) is 34.6 Å². The Morgan fingerprint density at radius 3 is 1.69 bits per heavy atom. The van der Waals surface area contributed by atoms with Crippen molar-refractivity contribution in [2.45, 2.75) is 45.7 Å². The van der Waals surface area contributed by atoms with Crippen LogP contribution in [0.4, 0.5) is 4.79 Å². The SMILES string of the molecule is CC(C)(C)N(C(=O)O)C(C)(C)CO. The highest BCUT2D eigenvalue weighted by molar-refractivity contribution is 5.67. The van der Waals surface area contributed by atoms with E-state index in [0.29, 0.717) is 0 Å². The molecule has 0 bridgehead atoms. The largest absolute Gasteiger partial charge is 0.465 e. The van der Waals surface area contributed by atoms with E-state index in [0.717, 1.165) is 0 Å². The van der Waals surface area contributed by atoms with Gasteiger partial charge in [0.25, 0.3) is 0 Å². The highest BCUT2D eigenvalue weighted by Gasteiger charge is 2.38. The monoisotopic (exact) mass is 189 g/mol. The molecule has 0 aliphatic carbocycles. The fourth-order valence-electron chi connectivity index (χ4n) is 1.52. The normalized spacial score (nSPS) is 12.8. The third-order valence-corrected chi connectivity index (χ3v) is 1.85. The second kappa shape index (κ2) is 3.54. The van der Waals surface area contributed by atoms with E-state index in [4.69, 9.17) is 10.2 Å². The van der Waals surface area contributed by atoms with Gasteiger partial charge in [0.05, 0.1) is 12.1 Å². The molecule has 0 aliphatic rings. The molecule has 0 aromatic heterocycles. The van der Waals surface area contributed by atoms with Gasteiger partial charge in [0, 0.05) is 5.54 Å². The van der Waals surface area contributed by atoms with Crippen LogP contribution in [0.15, 0.2) is 0 Å². The van der Waals surface area contributed by atoms with E-state index in [1.54, 1.807) is 34.6 Å². The summed E-state index contributed by atoms with van der Waals surface area (Å²) in [6.07, 6.45) is -1.01. The fraction of sp³-hybridized carbons (Fsp3) is 0.889. The summed E-state index contributed by atoms with van der Waals surface area (Å²) < 4.78 is 0. The van der Waals surface area contributed by atoms with E-state index >= 15 is 0 Å². The van der Waals surface area contributed by atoms with E-state index in [2.05, 4.69) is 0 Å². The van der Waals surface area contributed by atoms with Crippen LogP contribution in [0.5, 0.6) is 0 Å². The standard InChI is InChI=1S/C9H19NO3/c1-8(2,3)10(7(12)13)9(4,5)6-11/h11H,6H2,1-5H3,(H,12,13). The van der Waals surface area contributed by atoms with E-state index in [1.165, 1.54) is 4.90 Å². The van der Waals surface area contributed by atoms with Gasteiger partial charge in [0.15, 0.2) is 0 Å². The van der Waals surface area contributed by atoms with Crippen molar-refractivity contribution < 1.29 is 15.0 Å². The first kappa shape index (κ1) is 12.2. The Bertz CT molecular complexity index is 194. The second-order valence-electron chi connectivity index (χ2n) is 4.76. The van der Waals surface area contributed by atoms with E-state index in [9.17, 15) is 4.79 Å². The molecule has 4 nitrogen and oxygen atoms in total. The number of nitrogens with zero attached hydrogens (tertiary/aromatic N) is 1. The summed E-state index contributed by atoms with van der Waals surface area (Å²) in [5.41, 5.74) is -1.25. The lowest BCUT2D eigenvalue weighted by Gasteiger charge is -2.44. The van der Waals surface area contributed by atoms with Gasteiger partial charge in [-0.3, -0.25) is 4.90 Å². The van der Waals surface area contributed by atoms with Crippen LogP contribution < -0.4 is 0 Å². The third kappa shape index (κ3) is 2.88. The van der Waals surface area contributed by atoms with Crippen molar-refractivity contribution >= 4 is 6.09 Å². The van der Waals surface area contributed by atoms with Crippen molar-refractivity contribution in [2.75, 3.05) is 6.61 Å². The molecule has 0 heterocycles. The number of amides is 1. The van der Waals surface area contributed by atoms with E-state index in [1.807, 2.05) is 0 Å². The number of aliphatic hydroxyl groups excluding tert-OH is 1. The number of carboxylic acid groups (broad SMARTS) is 1. The molecule has 0 aromatic rings. The van der Waals surface area contributed by atoms with Gasteiger partial charge >= 0.3 is 6.09 Å². The highest BCUT2D eigenvalue weighted by Crippen LogP contribution is 2.24. The zero-order valence-corrected chi connectivity index (χ0v) is 8.96. The van der Waals surface area contributed by atoms with Gasteiger partial charge in [-0.25, -0.2) is 4.79 Å². The minimum absolute atomic E-state index is 0.184. The molecule has 78 valence electrons. The Balaban J connectivity index is 4.94. The number of hydrogen-bond acceptors (Lipinski definition) is 2. The lowest BCUT2D eigenvalue weighted by Crippen LogP contribution is -2.58. The van der Waals surface area contributed by atoms with Crippen molar-refractivity contribution in [1.29, 1.82) is 0 Å². The summed E-state index contributed by atoms with van der Waals surface area (Å²) in [6.45, 7) is 8.63. The first-order chi connectivity index (χ1) is 5.63. The Labute approximate surface area is 79.2 Å². The molecule has 0 saturated carbocycles. The predicted molar refractivity (Wildman–Crippen MR) is 50.8 cm³/mol. The summed E-state index contributed by atoms with van der Waals surface area (Å²) in [5.74, 6) is 0. The number of carbonyl (C=O) groups is 1. The molecule has 0 unspecified atom stereocenters. The Morgan fingerprint density at radius 2 is 1.62 bits per heavy atom.